The molecule has 3 rings (SSSR count). The van der Waals surface area contributed by atoms with E-state index in [1.165, 1.54) is 6.07 Å². The third kappa shape index (κ3) is 2.31. The molecule has 0 saturated carbocycles. The fraction of sp³-hybridized carbons (Fsp3) is 0.0714. The van der Waals surface area contributed by atoms with E-state index in [0.29, 0.717) is 11.5 Å². The number of carboxylic acid groups (broad SMARTS) is 1. The van der Waals surface area contributed by atoms with E-state index < -0.39 is 5.97 Å². The molecule has 0 atom stereocenters. The fourth-order valence-corrected chi connectivity index (χ4v) is 1.82. The summed E-state index contributed by atoms with van der Waals surface area (Å²) >= 11 is 0. The zero-order chi connectivity index (χ0) is 13.9. The van der Waals surface area contributed by atoms with Gasteiger partial charge in [-0.2, -0.15) is 0 Å². The fourth-order valence-electron chi connectivity index (χ4n) is 1.82. The van der Waals surface area contributed by atoms with Gasteiger partial charge in [0, 0.05) is 17.6 Å². The van der Waals surface area contributed by atoms with Crippen LogP contribution in [0.25, 0.3) is 10.9 Å². The van der Waals surface area contributed by atoms with Crippen molar-refractivity contribution in [2.24, 2.45) is 0 Å². The smallest absolute Gasteiger partial charge is 0.358 e. The highest BCUT2D eigenvalue weighted by Crippen LogP contribution is 2.23. The van der Waals surface area contributed by atoms with Crippen molar-refractivity contribution >= 4 is 16.9 Å². The molecule has 0 spiro atoms. The Kier molecular flexibility index (Phi) is 3.04. The molecule has 0 fully saturated rings. The maximum atomic E-state index is 10.7. The van der Waals surface area contributed by atoms with Gasteiger partial charge in [-0.3, -0.25) is 4.98 Å². The van der Waals surface area contributed by atoms with Crippen LogP contribution in [0.3, 0.4) is 0 Å². The van der Waals surface area contributed by atoms with Gasteiger partial charge in [-0.1, -0.05) is 23.4 Å². The first-order valence-electron chi connectivity index (χ1n) is 5.89. The van der Waals surface area contributed by atoms with Crippen LogP contribution in [0.15, 0.2) is 47.1 Å². The molecule has 6 heteroatoms. The van der Waals surface area contributed by atoms with E-state index in [2.05, 4.69) is 10.1 Å². The molecule has 0 aliphatic heterocycles. The molecule has 3 aromatic rings. The lowest BCUT2D eigenvalue weighted by atomic mass is 10.2. The molecule has 100 valence electrons. The van der Waals surface area contributed by atoms with Gasteiger partial charge >= 0.3 is 5.97 Å². The number of nitrogens with zero attached hydrogens (tertiary/aromatic N) is 2. The number of hydrogen-bond donors (Lipinski definition) is 1. The summed E-state index contributed by atoms with van der Waals surface area (Å²) in [5.74, 6) is -0.182. The predicted octanol–water partition coefficient (Wildman–Crippen LogP) is 2.50. The van der Waals surface area contributed by atoms with Gasteiger partial charge in [0.25, 0.3) is 0 Å². The molecule has 20 heavy (non-hydrogen) atoms. The molecule has 6 nitrogen and oxygen atoms in total. The standard InChI is InChI=1S/C14H10N2O4/c17-14(18)11-7-10(20-16-11)8-19-12-5-1-3-9-4-2-6-15-13(9)12/h1-7H,8H2,(H,17,18). The Hall–Kier alpha value is -2.89. The number of hydrogen-bond acceptors (Lipinski definition) is 5. The van der Waals surface area contributed by atoms with Gasteiger partial charge in [0.15, 0.2) is 11.5 Å². The highest BCUT2D eigenvalue weighted by molar-refractivity contribution is 5.85. The van der Waals surface area contributed by atoms with Crippen LogP contribution in [0.5, 0.6) is 5.75 Å². The van der Waals surface area contributed by atoms with Gasteiger partial charge < -0.3 is 14.4 Å². The maximum absolute atomic E-state index is 10.7. The summed E-state index contributed by atoms with van der Waals surface area (Å²) in [7, 11) is 0. The molecule has 0 bridgehead atoms. The lowest BCUT2D eigenvalue weighted by molar-refractivity contribution is 0.0685. The monoisotopic (exact) mass is 270 g/mol. The Bertz CT molecular complexity index is 761. The first-order chi connectivity index (χ1) is 9.74. The van der Waals surface area contributed by atoms with Crippen molar-refractivity contribution < 1.29 is 19.2 Å². The third-order valence-corrected chi connectivity index (χ3v) is 2.74. The van der Waals surface area contributed by atoms with Crippen molar-refractivity contribution in [3.63, 3.8) is 0 Å². The van der Waals surface area contributed by atoms with Crippen molar-refractivity contribution in [1.82, 2.24) is 10.1 Å². The largest absolute Gasteiger partial charge is 0.483 e. The van der Waals surface area contributed by atoms with Crippen LogP contribution in [0.1, 0.15) is 16.2 Å². The van der Waals surface area contributed by atoms with Gasteiger partial charge in [0.2, 0.25) is 0 Å². The van der Waals surface area contributed by atoms with Crippen LogP contribution >= 0.6 is 0 Å². The second-order valence-electron chi connectivity index (χ2n) is 4.10. The van der Waals surface area contributed by atoms with Crippen LogP contribution in [-0.2, 0) is 6.61 Å². The Morgan fingerprint density at radius 3 is 2.95 bits per heavy atom. The SMILES string of the molecule is O=C(O)c1cc(COc2cccc3cccnc23)on1. The summed E-state index contributed by atoms with van der Waals surface area (Å²) in [4.78, 5) is 15.0. The first kappa shape index (κ1) is 12.2. The number of carbonyl (C=O) groups is 1. The second-order valence-corrected chi connectivity index (χ2v) is 4.10. The van der Waals surface area contributed by atoms with E-state index in [0.717, 1.165) is 10.9 Å². The number of aromatic nitrogens is 2. The van der Waals surface area contributed by atoms with Gasteiger partial charge in [0.05, 0.1) is 0 Å². The van der Waals surface area contributed by atoms with Crippen LogP contribution in [0, 0.1) is 0 Å². The summed E-state index contributed by atoms with van der Waals surface area (Å²) in [6.45, 7) is 0.0932. The number of ether oxygens (including phenoxy) is 1. The average Bonchev–Trinajstić information content (AvgIpc) is 2.94. The zero-order valence-electron chi connectivity index (χ0n) is 10.3. The summed E-state index contributed by atoms with van der Waals surface area (Å²) in [5.41, 5.74) is 0.604. The number of aromatic carboxylic acids is 1. The Morgan fingerprint density at radius 1 is 1.30 bits per heavy atom. The summed E-state index contributed by atoms with van der Waals surface area (Å²) in [6.07, 6.45) is 1.69. The Morgan fingerprint density at radius 2 is 2.15 bits per heavy atom. The van der Waals surface area contributed by atoms with Gasteiger partial charge in [0.1, 0.15) is 17.9 Å². The number of carboxylic acids is 1. The van der Waals surface area contributed by atoms with E-state index in [-0.39, 0.29) is 12.3 Å². The van der Waals surface area contributed by atoms with Gasteiger partial charge in [-0.25, -0.2) is 4.79 Å². The van der Waals surface area contributed by atoms with Crippen LogP contribution in [0.4, 0.5) is 0 Å². The highest BCUT2D eigenvalue weighted by atomic mass is 16.5. The number of para-hydroxylation sites is 1. The molecule has 0 saturated heterocycles. The third-order valence-electron chi connectivity index (χ3n) is 2.74. The number of fused-ring (bicyclic) bond motifs is 1. The minimum absolute atomic E-state index is 0.0932. The Labute approximate surface area is 113 Å². The van der Waals surface area contributed by atoms with Crippen molar-refractivity contribution in [2.45, 2.75) is 6.61 Å². The zero-order valence-corrected chi connectivity index (χ0v) is 10.3. The van der Waals surface area contributed by atoms with E-state index in [1.54, 1.807) is 12.3 Å². The quantitative estimate of drug-likeness (QED) is 0.783. The summed E-state index contributed by atoms with van der Waals surface area (Å²) < 4.78 is 10.5. The lowest BCUT2D eigenvalue weighted by Crippen LogP contribution is -1.96. The molecule has 2 heterocycles. The minimum Gasteiger partial charge on any atom is -0.483 e. The first-order valence-corrected chi connectivity index (χ1v) is 5.89. The van der Waals surface area contributed by atoms with Gasteiger partial charge in [-0.15, -0.1) is 0 Å². The predicted molar refractivity (Wildman–Crippen MR) is 69.5 cm³/mol. The molecule has 1 aromatic carbocycles. The van der Waals surface area contributed by atoms with E-state index >= 15 is 0 Å². The lowest BCUT2D eigenvalue weighted by Gasteiger charge is -2.06. The second kappa shape index (κ2) is 5.00. The number of rotatable bonds is 4. The number of pyridine rings is 1. The highest BCUT2D eigenvalue weighted by Gasteiger charge is 2.11. The molecular formula is C14H10N2O4. The summed E-state index contributed by atoms with van der Waals surface area (Å²) in [6, 6.07) is 10.7. The van der Waals surface area contributed by atoms with Gasteiger partial charge in [-0.05, 0) is 12.1 Å². The van der Waals surface area contributed by atoms with Crippen molar-refractivity contribution in [3.8, 4) is 5.75 Å². The average molecular weight is 270 g/mol. The molecule has 1 N–H and O–H groups in total. The van der Waals surface area contributed by atoms with Crippen LogP contribution < -0.4 is 4.74 Å². The molecule has 0 amide bonds. The molecule has 0 aliphatic rings. The van der Waals surface area contributed by atoms with Crippen molar-refractivity contribution in [1.29, 1.82) is 0 Å². The summed E-state index contributed by atoms with van der Waals surface area (Å²) in [5, 5.41) is 13.1. The van der Waals surface area contributed by atoms with E-state index in [1.807, 2.05) is 24.3 Å². The van der Waals surface area contributed by atoms with Crippen molar-refractivity contribution in [2.75, 3.05) is 0 Å². The molecule has 0 unspecified atom stereocenters. The molecule has 0 aliphatic carbocycles. The maximum Gasteiger partial charge on any atom is 0.358 e. The Balaban J connectivity index is 1.81. The van der Waals surface area contributed by atoms with E-state index in [9.17, 15) is 4.79 Å². The minimum atomic E-state index is -1.13. The molecule has 2 aromatic heterocycles. The normalized spacial score (nSPS) is 10.6. The number of benzene rings is 1. The van der Waals surface area contributed by atoms with E-state index in [4.69, 9.17) is 14.4 Å². The van der Waals surface area contributed by atoms with Crippen LogP contribution in [-0.4, -0.2) is 21.2 Å². The van der Waals surface area contributed by atoms with Crippen molar-refractivity contribution in [3.05, 3.63) is 54.0 Å². The topological polar surface area (TPSA) is 85.5 Å². The molecule has 0 radical (unpaired) electrons. The van der Waals surface area contributed by atoms with Crippen LogP contribution in [0.2, 0.25) is 0 Å². The molecular weight excluding hydrogens is 260 g/mol.